The van der Waals surface area contributed by atoms with E-state index >= 15 is 0 Å². The molecular formula is C17H13ClN2O4S. The van der Waals surface area contributed by atoms with Crippen molar-refractivity contribution in [3.8, 4) is 17.1 Å². The Bertz CT molecular complexity index is 1050. The molecule has 2 aromatic carbocycles. The summed E-state index contributed by atoms with van der Waals surface area (Å²) in [5.74, 6) is 1.10. The highest BCUT2D eigenvalue weighted by atomic mass is 35.5. The highest BCUT2D eigenvalue weighted by Gasteiger charge is 2.24. The van der Waals surface area contributed by atoms with Crippen molar-refractivity contribution < 1.29 is 17.7 Å². The molecule has 0 unspecified atom stereocenters. The Kier molecular flexibility index (Phi) is 3.99. The Morgan fingerprint density at radius 1 is 1.20 bits per heavy atom. The van der Waals surface area contributed by atoms with E-state index in [0.29, 0.717) is 34.3 Å². The molecule has 0 bridgehead atoms. The molecule has 0 spiro atoms. The molecule has 6 nitrogen and oxygen atoms in total. The van der Waals surface area contributed by atoms with Gasteiger partial charge in [0.25, 0.3) is 0 Å². The molecule has 1 aliphatic heterocycles. The molecule has 0 aliphatic carbocycles. The molecule has 0 fully saturated rings. The van der Waals surface area contributed by atoms with Crippen LogP contribution in [0.1, 0.15) is 11.1 Å². The van der Waals surface area contributed by atoms with Gasteiger partial charge in [-0.25, -0.2) is 13.1 Å². The lowest BCUT2D eigenvalue weighted by atomic mass is 10.1. The van der Waals surface area contributed by atoms with Crippen molar-refractivity contribution >= 4 is 21.6 Å². The van der Waals surface area contributed by atoms with Crippen molar-refractivity contribution in [1.82, 2.24) is 9.88 Å². The first-order valence-corrected chi connectivity index (χ1v) is 9.34. The SMILES string of the molecule is O=S(=O)(NCc1ccccc1Cl)c1ccc2c(c1)-c1oncc1CO2. The van der Waals surface area contributed by atoms with Crippen LogP contribution in [0.5, 0.6) is 5.75 Å². The predicted octanol–water partition coefficient (Wildman–Crippen LogP) is 3.37. The van der Waals surface area contributed by atoms with Crippen molar-refractivity contribution in [2.75, 3.05) is 0 Å². The second kappa shape index (κ2) is 6.18. The topological polar surface area (TPSA) is 81.4 Å². The van der Waals surface area contributed by atoms with Crippen LogP contribution in [0.4, 0.5) is 0 Å². The second-order valence-corrected chi connectivity index (χ2v) is 7.72. The van der Waals surface area contributed by atoms with E-state index in [1.54, 1.807) is 36.5 Å². The average molecular weight is 377 g/mol. The van der Waals surface area contributed by atoms with E-state index in [1.165, 1.54) is 12.1 Å². The van der Waals surface area contributed by atoms with E-state index in [2.05, 4.69) is 9.88 Å². The van der Waals surface area contributed by atoms with Crippen LogP contribution in [0, 0.1) is 0 Å². The van der Waals surface area contributed by atoms with Crippen LogP contribution in [-0.2, 0) is 23.2 Å². The Hall–Kier alpha value is -2.35. The molecule has 4 rings (SSSR count). The molecule has 128 valence electrons. The van der Waals surface area contributed by atoms with Gasteiger partial charge in [-0.1, -0.05) is 35.0 Å². The molecule has 0 amide bonds. The minimum Gasteiger partial charge on any atom is -0.488 e. The molecule has 0 saturated heterocycles. The summed E-state index contributed by atoms with van der Waals surface area (Å²) in [5, 5.41) is 4.26. The molecule has 2 heterocycles. The van der Waals surface area contributed by atoms with Gasteiger partial charge >= 0.3 is 0 Å². The van der Waals surface area contributed by atoms with Gasteiger partial charge in [0.15, 0.2) is 5.76 Å². The summed E-state index contributed by atoms with van der Waals surface area (Å²) in [7, 11) is -3.72. The first-order chi connectivity index (χ1) is 12.0. The van der Waals surface area contributed by atoms with Crippen LogP contribution in [0.15, 0.2) is 58.1 Å². The number of halogens is 1. The number of fused-ring (bicyclic) bond motifs is 3. The van der Waals surface area contributed by atoms with Gasteiger partial charge in [-0.2, -0.15) is 0 Å². The molecule has 25 heavy (non-hydrogen) atoms. The van der Waals surface area contributed by atoms with Crippen LogP contribution in [0.25, 0.3) is 11.3 Å². The molecule has 1 aliphatic rings. The lowest BCUT2D eigenvalue weighted by Gasteiger charge is -2.16. The lowest BCUT2D eigenvalue weighted by molar-refractivity contribution is 0.297. The van der Waals surface area contributed by atoms with Crippen LogP contribution < -0.4 is 9.46 Å². The van der Waals surface area contributed by atoms with E-state index in [0.717, 1.165) is 5.56 Å². The van der Waals surface area contributed by atoms with E-state index < -0.39 is 10.0 Å². The number of rotatable bonds is 4. The standard InChI is InChI=1S/C17H13ClN2O4S/c18-15-4-2-1-3-11(15)9-20-25(21,22)13-5-6-16-14(7-13)17-12(10-23-16)8-19-24-17/h1-8,20H,9-10H2. The maximum Gasteiger partial charge on any atom is 0.240 e. The van der Waals surface area contributed by atoms with Crippen LogP contribution >= 0.6 is 11.6 Å². The third-order valence-corrected chi connectivity index (χ3v) is 5.71. The molecular weight excluding hydrogens is 364 g/mol. The third-order valence-electron chi connectivity index (χ3n) is 3.94. The highest BCUT2D eigenvalue weighted by Crippen LogP contribution is 2.38. The Labute approximate surface area is 149 Å². The van der Waals surface area contributed by atoms with Gasteiger partial charge in [0.1, 0.15) is 12.4 Å². The fourth-order valence-electron chi connectivity index (χ4n) is 2.62. The van der Waals surface area contributed by atoms with Crippen molar-refractivity contribution in [1.29, 1.82) is 0 Å². The van der Waals surface area contributed by atoms with Crippen LogP contribution in [0.3, 0.4) is 0 Å². The smallest absolute Gasteiger partial charge is 0.240 e. The second-order valence-electron chi connectivity index (χ2n) is 5.54. The lowest BCUT2D eigenvalue weighted by Crippen LogP contribution is -2.23. The summed E-state index contributed by atoms with van der Waals surface area (Å²) in [6, 6.07) is 11.7. The zero-order valence-electron chi connectivity index (χ0n) is 12.9. The predicted molar refractivity (Wildman–Crippen MR) is 91.7 cm³/mol. The molecule has 8 heteroatoms. The largest absolute Gasteiger partial charge is 0.488 e. The Morgan fingerprint density at radius 3 is 2.88 bits per heavy atom. The molecule has 1 aromatic heterocycles. The maximum atomic E-state index is 12.6. The Morgan fingerprint density at radius 2 is 2.04 bits per heavy atom. The highest BCUT2D eigenvalue weighted by molar-refractivity contribution is 7.89. The molecule has 0 saturated carbocycles. The normalized spacial score (nSPS) is 13.0. The molecule has 1 N–H and O–H groups in total. The van der Waals surface area contributed by atoms with Crippen molar-refractivity contribution in [3.05, 3.63) is 64.8 Å². The van der Waals surface area contributed by atoms with E-state index in [4.69, 9.17) is 20.9 Å². The Balaban J connectivity index is 1.64. The van der Waals surface area contributed by atoms with Gasteiger partial charge < -0.3 is 9.26 Å². The monoisotopic (exact) mass is 376 g/mol. The number of ether oxygens (including phenoxy) is 1. The number of benzene rings is 2. The summed E-state index contributed by atoms with van der Waals surface area (Å²) in [5.41, 5.74) is 2.05. The zero-order chi connectivity index (χ0) is 17.4. The van der Waals surface area contributed by atoms with Gasteiger partial charge in [-0.3, -0.25) is 0 Å². The van der Waals surface area contributed by atoms with Gasteiger partial charge in [0.05, 0.1) is 22.2 Å². The van der Waals surface area contributed by atoms with Crippen LogP contribution in [0.2, 0.25) is 5.02 Å². The molecule has 3 aromatic rings. The summed E-state index contributed by atoms with van der Waals surface area (Å²) < 4.78 is 38.6. The first-order valence-electron chi connectivity index (χ1n) is 7.48. The summed E-state index contributed by atoms with van der Waals surface area (Å²) in [6.07, 6.45) is 1.56. The number of nitrogens with one attached hydrogen (secondary N) is 1. The molecule has 0 atom stereocenters. The molecule has 0 radical (unpaired) electrons. The minimum atomic E-state index is -3.72. The van der Waals surface area contributed by atoms with Gasteiger partial charge in [0, 0.05) is 11.6 Å². The minimum absolute atomic E-state index is 0.100. The summed E-state index contributed by atoms with van der Waals surface area (Å²) in [4.78, 5) is 0.117. The number of aromatic nitrogens is 1. The maximum absolute atomic E-state index is 12.6. The van der Waals surface area contributed by atoms with Crippen molar-refractivity contribution in [2.24, 2.45) is 0 Å². The number of hydrogen-bond acceptors (Lipinski definition) is 5. The fourth-order valence-corrected chi connectivity index (χ4v) is 3.85. The number of sulfonamides is 1. The number of hydrogen-bond donors (Lipinski definition) is 1. The number of nitrogens with zero attached hydrogens (tertiary/aromatic N) is 1. The quantitative estimate of drug-likeness (QED) is 0.755. The summed E-state index contributed by atoms with van der Waals surface area (Å²) >= 11 is 6.07. The average Bonchev–Trinajstić information content (AvgIpc) is 3.10. The van der Waals surface area contributed by atoms with Gasteiger partial charge in [-0.05, 0) is 29.8 Å². The fraction of sp³-hybridized carbons (Fsp3) is 0.118. The zero-order valence-corrected chi connectivity index (χ0v) is 14.5. The first kappa shape index (κ1) is 16.1. The third kappa shape index (κ3) is 3.02. The van der Waals surface area contributed by atoms with E-state index in [9.17, 15) is 8.42 Å². The van der Waals surface area contributed by atoms with Crippen LogP contribution in [-0.4, -0.2) is 13.6 Å². The van der Waals surface area contributed by atoms with Gasteiger partial charge in [-0.15, -0.1) is 0 Å². The van der Waals surface area contributed by atoms with E-state index in [-0.39, 0.29) is 11.4 Å². The summed E-state index contributed by atoms with van der Waals surface area (Å²) in [6.45, 7) is 0.450. The van der Waals surface area contributed by atoms with Crippen molar-refractivity contribution in [3.63, 3.8) is 0 Å². The van der Waals surface area contributed by atoms with E-state index in [1.807, 2.05) is 0 Å². The van der Waals surface area contributed by atoms with Crippen molar-refractivity contribution in [2.45, 2.75) is 18.0 Å². The van der Waals surface area contributed by atoms with Gasteiger partial charge in [0.2, 0.25) is 10.0 Å².